The van der Waals surface area contributed by atoms with E-state index in [1.807, 2.05) is 13.8 Å². The second-order valence-electron chi connectivity index (χ2n) is 4.78. The highest BCUT2D eigenvalue weighted by Gasteiger charge is 2.47. The van der Waals surface area contributed by atoms with E-state index >= 15 is 0 Å². The molecule has 0 radical (unpaired) electrons. The van der Waals surface area contributed by atoms with Crippen molar-refractivity contribution in [2.24, 2.45) is 0 Å². The van der Waals surface area contributed by atoms with Gasteiger partial charge in [-0.1, -0.05) is 18.6 Å². The number of methoxy groups -OCH3 is 1. The number of ketones is 2. The Morgan fingerprint density at radius 3 is 2.24 bits per heavy atom. The van der Waals surface area contributed by atoms with Gasteiger partial charge in [0.2, 0.25) is 5.78 Å². The number of carbonyl (C=O) groups excluding carboxylic acids is 2. The topological polar surface area (TPSA) is 43.4 Å². The molecule has 0 N–H and O–H groups in total. The van der Waals surface area contributed by atoms with Crippen LogP contribution in [-0.2, 0) is 14.3 Å². The van der Waals surface area contributed by atoms with E-state index in [-0.39, 0.29) is 17.6 Å². The molecule has 0 aromatic heterocycles. The van der Waals surface area contributed by atoms with Gasteiger partial charge in [0.25, 0.3) is 0 Å². The molecule has 0 unspecified atom stereocenters. The van der Waals surface area contributed by atoms with Crippen LogP contribution in [0.2, 0.25) is 0 Å². The van der Waals surface area contributed by atoms with E-state index in [9.17, 15) is 22.8 Å². The van der Waals surface area contributed by atoms with Crippen molar-refractivity contribution in [2.75, 3.05) is 7.11 Å². The minimum absolute atomic E-state index is 0.00463. The molecule has 0 aliphatic heterocycles. The average molecular weight is 302 g/mol. The zero-order valence-electron chi connectivity index (χ0n) is 12.4. The summed E-state index contributed by atoms with van der Waals surface area (Å²) in [5.41, 5.74) is -0.699. The van der Waals surface area contributed by atoms with Gasteiger partial charge < -0.3 is 4.74 Å². The van der Waals surface area contributed by atoms with Crippen molar-refractivity contribution >= 4 is 11.6 Å². The fraction of sp³-hybridized carbons (Fsp3) is 0.467. The Labute approximate surface area is 121 Å². The first-order valence-corrected chi connectivity index (χ1v) is 6.45. The van der Waals surface area contributed by atoms with Gasteiger partial charge >= 0.3 is 6.18 Å². The van der Waals surface area contributed by atoms with Gasteiger partial charge in [0.15, 0.2) is 11.5 Å². The Morgan fingerprint density at radius 1 is 1.24 bits per heavy atom. The Morgan fingerprint density at radius 2 is 1.81 bits per heavy atom. The highest BCUT2D eigenvalue weighted by Crippen LogP contribution is 2.37. The van der Waals surface area contributed by atoms with Gasteiger partial charge in [-0.3, -0.25) is 9.59 Å². The molecule has 1 aliphatic carbocycles. The van der Waals surface area contributed by atoms with E-state index in [4.69, 9.17) is 0 Å². The molecule has 6 heteroatoms. The molecule has 21 heavy (non-hydrogen) atoms. The van der Waals surface area contributed by atoms with Crippen molar-refractivity contribution in [3.63, 3.8) is 0 Å². The number of carbonyl (C=O) groups is 2. The van der Waals surface area contributed by atoms with Crippen LogP contribution in [0.4, 0.5) is 13.2 Å². The number of allylic oxidation sites excluding steroid dienone is 5. The summed E-state index contributed by atoms with van der Waals surface area (Å²) >= 11 is 0. The first-order chi connectivity index (χ1) is 9.65. The summed E-state index contributed by atoms with van der Waals surface area (Å²) in [7, 11) is 0.950. The molecule has 0 spiro atoms. The Balaban J connectivity index is 3.35. The average Bonchev–Trinajstić information content (AvgIpc) is 2.40. The third kappa shape index (κ3) is 3.43. The smallest absolute Gasteiger partial charge is 0.423 e. The highest BCUT2D eigenvalue weighted by molar-refractivity contribution is 6.24. The minimum atomic E-state index is -4.92. The molecule has 0 atom stereocenters. The molecule has 0 aromatic rings. The van der Waals surface area contributed by atoms with Crippen LogP contribution in [0.5, 0.6) is 0 Å². The molecule has 0 amide bonds. The standard InChI is InChI=1S/C15H17F3O3/c1-5-8(2)6-7-10-9(3)12(19)14(21-4)11(13(10)20)15(16,17)18/h6H,5,7H2,1-4H3/b8-6+. The van der Waals surface area contributed by atoms with Crippen molar-refractivity contribution in [3.05, 3.63) is 34.1 Å². The molecule has 0 saturated heterocycles. The minimum Gasteiger partial charge on any atom is -0.492 e. The molecule has 1 rings (SSSR count). The fourth-order valence-electron chi connectivity index (χ4n) is 1.96. The third-order valence-corrected chi connectivity index (χ3v) is 3.43. The third-order valence-electron chi connectivity index (χ3n) is 3.43. The van der Waals surface area contributed by atoms with Crippen LogP contribution in [0.25, 0.3) is 0 Å². The van der Waals surface area contributed by atoms with Gasteiger partial charge in [-0.2, -0.15) is 13.2 Å². The molecule has 1 aliphatic rings. The molecule has 0 heterocycles. The number of rotatable bonds is 4. The molecule has 116 valence electrons. The van der Waals surface area contributed by atoms with Crippen LogP contribution in [0.1, 0.15) is 33.6 Å². The van der Waals surface area contributed by atoms with Crippen LogP contribution in [0.15, 0.2) is 34.1 Å². The lowest BCUT2D eigenvalue weighted by atomic mass is 9.86. The van der Waals surface area contributed by atoms with Crippen LogP contribution in [0.3, 0.4) is 0 Å². The van der Waals surface area contributed by atoms with E-state index in [0.29, 0.717) is 0 Å². The molecular formula is C15H17F3O3. The number of alkyl halides is 3. The SMILES string of the molecule is CC/C(C)=C/CC1=C(C)C(=O)C(OC)=C(C(F)(F)F)C1=O. The van der Waals surface area contributed by atoms with Gasteiger partial charge in [-0.05, 0) is 26.7 Å². The normalized spacial score (nSPS) is 17.8. The van der Waals surface area contributed by atoms with Crippen molar-refractivity contribution < 1.29 is 27.5 Å². The number of halogens is 3. The molecule has 3 nitrogen and oxygen atoms in total. The second kappa shape index (κ2) is 6.28. The van der Waals surface area contributed by atoms with Crippen LogP contribution in [-0.4, -0.2) is 24.9 Å². The maximum atomic E-state index is 13.0. The van der Waals surface area contributed by atoms with E-state index in [0.717, 1.165) is 19.1 Å². The number of ether oxygens (including phenoxy) is 1. The first-order valence-electron chi connectivity index (χ1n) is 6.45. The van der Waals surface area contributed by atoms with Crippen molar-refractivity contribution in [3.8, 4) is 0 Å². The Hall–Kier alpha value is -1.85. The molecule has 0 fully saturated rings. The van der Waals surface area contributed by atoms with Gasteiger partial charge in [0.1, 0.15) is 5.57 Å². The molecular weight excluding hydrogens is 285 g/mol. The molecule has 0 aromatic carbocycles. The maximum absolute atomic E-state index is 13.0. The number of hydrogen-bond donors (Lipinski definition) is 0. The monoisotopic (exact) mass is 302 g/mol. The molecule has 0 bridgehead atoms. The van der Waals surface area contributed by atoms with E-state index < -0.39 is 29.1 Å². The lowest BCUT2D eigenvalue weighted by Crippen LogP contribution is -2.31. The maximum Gasteiger partial charge on any atom is 0.423 e. The second-order valence-corrected chi connectivity index (χ2v) is 4.78. The summed E-state index contributed by atoms with van der Waals surface area (Å²) in [6.45, 7) is 5.05. The predicted molar refractivity (Wildman–Crippen MR) is 71.5 cm³/mol. The summed E-state index contributed by atoms with van der Waals surface area (Å²) in [5.74, 6) is -3.00. The summed E-state index contributed by atoms with van der Waals surface area (Å²) in [5, 5.41) is 0. The van der Waals surface area contributed by atoms with Gasteiger partial charge in [-0.25, -0.2) is 0 Å². The van der Waals surface area contributed by atoms with Crippen LogP contribution < -0.4 is 0 Å². The zero-order valence-corrected chi connectivity index (χ0v) is 12.4. The van der Waals surface area contributed by atoms with Crippen molar-refractivity contribution in [1.29, 1.82) is 0 Å². The summed E-state index contributed by atoms with van der Waals surface area (Å²) in [6, 6.07) is 0. The van der Waals surface area contributed by atoms with Crippen LogP contribution >= 0.6 is 0 Å². The fourth-order valence-corrected chi connectivity index (χ4v) is 1.96. The lowest BCUT2D eigenvalue weighted by molar-refractivity contribution is -0.131. The quantitative estimate of drug-likeness (QED) is 0.588. The summed E-state index contributed by atoms with van der Waals surface area (Å²) in [6.07, 6.45) is -2.53. The van der Waals surface area contributed by atoms with Gasteiger partial charge in [0, 0.05) is 11.1 Å². The Kier molecular flexibility index (Phi) is 5.15. The summed E-state index contributed by atoms with van der Waals surface area (Å²) in [4.78, 5) is 24.1. The largest absolute Gasteiger partial charge is 0.492 e. The van der Waals surface area contributed by atoms with E-state index in [1.165, 1.54) is 6.92 Å². The molecule has 0 saturated carbocycles. The van der Waals surface area contributed by atoms with Crippen molar-refractivity contribution in [2.45, 2.75) is 39.8 Å². The van der Waals surface area contributed by atoms with Crippen molar-refractivity contribution in [1.82, 2.24) is 0 Å². The first kappa shape index (κ1) is 17.2. The highest BCUT2D eigenvalue weighted by atomic mass is 19.4. The number of Topliss-reactive ketones (excluding diaryl/α,β-unsaturated/α-hetero) is 2. The predicted octanol–water partition coefficient (Wildman–Crippen LogP) is 3.66. The van der Waals surface area contributed by atoms with Gasteiger partial charge in [0.05, 0.1) is 7.11 Å². The number of hydrogen-bond acceptors (Lipinski definition) is 3. The summed E-state index contributed by atoms with van der Waals surface area (Å²) < 4.78 is 43.6. The van der Waals surface area contributed by atoms with E-state index in [2.05, 4.69) is 4.74 Å². The lowest BCUT2D eigenvalue weighted by Gasteiger charge is -2.22. The van der Waals surface area contributed by atoms with Crippen LogP contribution in [0, 0.1) is 0 Å². The zero-order chi connectivity index (χ0) is 16.4. The van der Waals surface area contributed by atoms with E-state index in [1.54, 1.807) is 6.08 Å². The van der Waals surface area contributed by atoms with Gasteiger partial charge in [-0.15, -0.1) is 0 Å². The Bertz CT molecular complexity index is 563.